The first-order valence-electron chi connectivity index (χ1n) is 3.84. The van der Waals surface area contributed by atoms with E-state index < -0.39 is 4.92 Å². The second-order valence-corrected chi connectivity index (χ2v) is 4.08. The second kappa shape index (κ2) is 5.22. The number of nitrogens with one attached hydrogen (secondary N) is 1. The van der Waals surface area contributed by atoms with Gasteiger partial charge in [-0.05, 0) is 12.1 Å². The summed E-state index contributed by atoms with van der Waals surface area (Å²) in [7, 11) is 0. The van der Waals surface area contributed by atoms with Gasteiger partial charge in [0.05, 0.1) is 10.3 Å². The first-order valence-corrected chi connectivity index (χ1v) is 5.76. The van der Waals surface area contributed by atoms with E-state index in [4.69, 9.17) is 0 Å². The molecule has 0 aliphatic carbocycles. The summed E-state index contributed by atoms with van der Waals surface area (Å²) >= 11 is 6.08. The Bertz CT molecular complexity index is 409. The van der Waals surface area contributed by atoms with Gasteiger partial charge in [-0.2, -0.15) is 0 Å². The highest BCUT2D eigenvalue weighted by atomic mass is 79.9. The quantitative estimate of drug-likeness (QED) is 0.523. The van der Waals surface area contributed by atoms with Gasteiger partial charge in [-0.15, -0.1) is 0 Å². The minimum atomic E-state index is -0.547. The van der Waals surface area contributed by atoms with Crippen LogP contribution in [0.5, 0.6) is 0 Å². The summed E-state index contributed by atoms with van der Waals surface area (Å²) in [5.41, 5.74) is 0.0475. The van der Waals surface area contributed by atoms with Crippen LogP contribution in [0.4, 0.5) is 11.4 Å². The van der Waals surface area contributed by atoms with E-state index in [1.165, 1.54) is 12.1 Å². The number of hydrogen-bond acceptors (Lipinski definition) is 3. The number of benzene rings is 1. The van der Waals surface area contributed by atoms with Crippen molar-refractivity contribution in [3.05, 3.63) is 32.8 Å². The number of carbonyl (C=O) groups is 1. The summed E-state index contributed by atoms with van der Waals surface area (Å²) < 4.78 is 0.589. The van der Waals surface area contributed by atoms with Crippen LogP contribution in [0, 0.1) is 10.1 Å². The molecule has 0 bridgehead atoms. The zero-order chi connectivity index (χ0) is 11.4. The molecule has 0 spiro atoms. The van der Waals surface area contributed by atoms with Gasteiger partial charge in [0.15, 0.2) is 0 Å². The van der Waals surface area contributed by atoms with Crippen molar-refractivity contribution in [1.29, 1.82) is 0 Å². The smallest absolute Gasteiger partial charge is 0.293 e. The third-order valence-electron chi connectivity index (χ3n) is 1.55. The molecule has 80 valence electrons. The number of amides is 1. The van der Waals surface area contributed by atoms with E-state index in [9.17, 15) is 14.9 Å². The van der Waals surface area contributed by atoms with Gasteiger partial charge in [0.25, 0.3) is 5.69 Å². The number of carbonyl (C=O) groups excluding carboxylic acids is 1. The highest BCUT2D eigenvalue weighted by Crippen LogP contribution is 2.27. The van der Waals surface area contributed by atoms with Crippen molar-refractivity contribution in [3.63, 3.8) is 0 Å². The van der Waals surface area contributed by atoms with Crippen LogP contribution in [0.1, 0.15) is 0 Å². The fourth-order valence-electron chi connectivity index (χ4n) is 0.945. The minimum absolute atomic E-state index is 0.0974. The average molecular weight is 338 g/mol. The van der Waals surface area contributed by atoms with E-state index in [1.807, 2.05) is 0 Å². The number of rotatable bonds is 3. The molecule has 0 saturated carbocycles. The Hall–Kier alpha value is -0.950. The molecule has 0 aromatic heterocycles. The highest BCUT2D eigenvalue weighted by Gasteiger charge is 2.15. The van der Waals surface area contributed by atoms with Crippen LogP contribution >= 0.6 is 31.9 Å². The van der Waals surface area contributed by atoms with Crippen LogP contribution in [-0.2, 0) is 4.79 Å². The van der Waals surface area contributed by atoms with Crippen molar-refractivity contribution in [2.75, 3.05) is 10.6 Å². The Morgan fingerprint density at radius 1 is 1.53 bits per heavy atom. The Morgan fingerprint density at radius 3 is 2.73 bits per heavy atom. The molecule has 0 fully saturated rings. The SMILES string of the molecule is O=C(CBr)Nc1ccc(Br)cc1[N+](=O)[O-]. The van der Waals surface area contributed by atoms with Gasteiger partial charge in [0, 0.05) is 10.5 Å². The third-order valence-corrected chi connectivity index (χ3v) is 2.55. The van der Waals surface area contributed by atoms with Crippen LogP contribution in [0.3, 0.4) is 0 Å². The van der Waals surface area contributed by atoms with Gasteiger partial charge < -0.3 is 5.32 Å². The van der Waals surface area contributed by atoms with Crippen molar-refractivity contribution in [2.45, 2.75) is 0 Å². The van der Waals surface area contributed by atoms with Crippen LogP contribution in [0.2, 0.25) is 0 Å². The van der Waals surface area contributed by atoms with Gasteiger partial charge in [0.1, 0.15) is 5.69 Å². The largest absolute Gasteiger partial charge is 0.320 e. The number of halogens is 2. The van der Waals surface area contributed by atoms with Gasteiger partial charge in [0.2, 0.25) is 5.91 Å². The first-order chi connectivity index (χ1) is 7.04. The molecule has 7 heteroatoms. The van der Waals surface area contributed by atoms with Crippen molar-refractivity contribution in [1.82, 2.24) is 0 Å². The maximum atomic E-state index is 11.0. The molecule has 15 heavy (non-hydrogen) atoms. The molecule has 5 nitrogen and oxygen atoms in total. The number of nitrogens with zero attached hydrogens (tertiary/aromatic N) is 1. The normalized spacial score (nSPS) is 9.73. The summed E-state index contributed by atoms with van der Waals surface area (Å²) in [5.74, 6) is -0.333. The summed E-state index contributed by atoms with van der Waals surface area (Å²) in [5, 5.41) is 13.2. The Labute approximate surface area is 102 Å². The van der Waals surface area contributed by atoms with Crippen molar-refractivity contribution >= 4 is 49.1 Å². The molecule has 0 saturated heterocycles. The topological polar surface area (TPSA) is 72.2 Å². The molecule has 0 unspecified atom stereocenters. The van der Waals surface area contributed by atoms with Crippen LogP contribution in [-0.4, -0.2) is 16.2 Å². The van der Waals surface area contributed by atoms with Crippen molar-refractivity contribution in [3.8, 4) is 0 Å². The maximum Gasteiger partial charge on any atom is 0.293 e. The molecule has 1 aromatic carbocycles. The average Bonchev–Trinajstić information content (AvgIpc) is 2.20. The second-order valence-electron chi connectivity index (χ2n) is 2.60. The number of anilines is 1. The maximum absolute atomic E-state index is 11.0. The number of alkyl halides is 1. The number of nitro groups is 1. The van der Waals surface area contributed by atoms with E-state index in [-0.39, 0.29) is 22.6 Å². The molecule has 1 N–H and O–H groups in total. The molecule has 0 aliphatic rings. The minimum Gasteiger partial charge on any atom is -0.320 e. The lowest BCUT2D eigenvalue weighted by Crippen LogP contribution is -2.13. The molecule has 0 radical (unpaired) electrons. The molecule has 1 rings (SSSR count). The van der Waals surface area contributed by atoms with E-state index >= 15 is 0 Å². The van der Waals surface area contributed by atoms with Crippen LogP contribution in [0.25, 0.3) is 0 Å². The molecule has 1 aromatic rings. The molecular weight excluding hydrogens is 332 g/mol. The summed E-state index contributed by atoms with van der Waals surface area (Å²) in [6.07, 6.45) is 0. The van der Waals surface area contributed by atoms with E-state index in [2.05, 4.69) is 37.2 Å². The molecular formula is C8H6Br2N2O3. The predicted molar refractivity (Wildman–Crippen MR) is 63.2 cm³/mol. The van der Waals surface area contributed by atoms with Crippen molar-refractivity contribution < 1.29 is 9.72 Å². The standard InChI is InChI=1S/C8H6Br2N2O3/c9-4-8(13)11-6-2-1-5(10)3-7(6)12(14)15/h1-3H,4H2,(H,11,13). The highest BCUT2D eigenvalue weighted by molar-refractivity contribution is 9.10. The van der Waals surface area contributed by atoms with E-state index in [1.54, 1.807) is 6.07 Å². The molecule has 0 heterocycles. The van der Waals surface area contributed by atoms with Gasteiger partial charge in [-0.3, -0.25) is 14.9 Å². The lowest BCUT2D eigenvalue weighted by molar-refractivity contribution is -0.384. The van der Waals surface area contributed by atoms with Gasteiger partial charge in [-0.25, -0.2) is 0 Å². The summed E-state index contributed by atoms with van der Waals surface area (Å²) in [6.45, 7) is 0. The van der Waals surface area contributed by atoms with E-state index in [0.717, 1.165) is 0 Å². The third kappa shape index (κ3) is 3.28. The fourth-order valence-corrected chi connectivity index (χ4v) is 1.43. The lowest BCUT2D eigenvalue weighted by atomic mass is 10.2. The fraction of sp³-hybridized carbons (Fsp3) is 0.125. The lowest BCUT2D eigenvalue weighted by Gasteiger charge is -2.04. The Balaban J connectivity index is 3.06. The van der Waals surface area contributed by atoms with Crippen molar-refractivity contribution in [2.24, 2.45) is 0 Å². The van der Waals surface area contributed by atoms with Crippen LogP contribution in [0.15, 0.2) is 22.7 Å². The Morgan fingerprint density at radius 2 is 2.20 bits per heavy atom. The molecule has 0 aliphatic heterocycles. The monoisotopic (exact) mass is 336 g/mol. The van der Waals surface area contributed by atoms with Gasteiger partial charge in [-0.1, -0.05) is 31.9 Å². The zero-order valence-electron chi connectivity index (χ0n) is 7.37. The number of hydrogen-bond donors (Lipinski definition) is 1. The van der Waals surface area contributed by atoms with Gasteiger partial charge >= 0.3 is 0 Å². The zero-order valence-corrected chi connectivity index (χ0v) is 10.5. The summed E-state index contributed by atoms with van der Waals surface area (Å²) in [6, 6.07) is 4.43. The first kappa shape index (κ1) is 12.1. The van der Waals surface area contributed by atoms with E-state index in [0.29, 0.717) is 4.47 Å². The number of nitro benzene ring substituents is 1. The Kier molecular flexibility index (Phi) is 4.22. The molecule has 1 amide bonds. The predicted octanol–water partition coefficient (Wildman–Crippen LogP) is 2.69. The van der Waals surface area contributed by atoms with Crippen LogP contribution < -0.4 is 5.32 Å². The molecule has 0 atom stereocenters. The summed E-state index contributed by atoms with van der Waals surface area (Å²) in [4.78, 5) is 21.2.